The van der Waals surface area contributed by atoms with E-state index in [0.29, 0.717) is 24.0 Å². The molecule has 0 saturated carbocycles. The third-order valence-corrected chi connectivity index (χ3v) is 7.43. The average Bonchev–Trinajstić information content (AvgIpc) is 3.07. The van der Waals surface area contributed by atoms with Crippen LogP contribution in [0.1, 0.15) is 36.8 Å². The number of aliphatic hydroxyl groups is 6. The van der Waals surface area contributed by atoms with Crippen LogP contribution in [-0.4, -0.2) is 126 Å². The molecule has 3 rings (SSSR count). The minimum Gasteiger partial charge on any atom is -0.504 e. The summed E-state index contributed by atoms with van der Waals surface area (Å²) < 4.78 is 32.9. The second-order valence-corrected chi connectivity index (χ2v) is 10.8. The molecule has 0 amide bonds. The zero-order valence-electron chi connectivity index (χ0n) is 26.4. The second kappa shape index (κ2) is 18.6. The molecule has 0 aliphatic carbocycles. The highest BCUT2D eigenvalue weighted by atomic mass is 16.7. The normalized spacial score (nSPS) is 20.8. The van der Waals surface area contributed by atoms with Crippen LogP contribution in [0.4, 0.5) is 0 Å². The van der Waals surface area contributed by atoms with Crippen LogP contribution in [0.2, 0.25) is 0 Å². The van der Waals surface area contributed by atoms with Gasteiger partial charge in [0.1, 0.15) is 24.4 Å². The predicted octanol–water partition coefficient (Wildman–Crippen LogP) is -0.0285. The number of hydrogen-bond acceptors (Lipinski definition) is 15. The Bertz CT molecular complexity index is 1310. The molecular weight excluding hydrogens is 624 g/mol. The molecule has 1 aliphatic heterocycles. The Morgan fingerprint density at radius 2 is 1.28 bits per heavy atom. The van der Waals surface area contributed by atoms with Crippen molar-refractivity contribution in [1.82, 2.24) is 0 Å². The van der Waals surface area contributed by atoms with Gasteiger partial charge in [-0.3, -0.25) is 9.59 Å². The number of aromatic hydroxyl groups is 1. The lowest BCUT2D eigenvalue weighted by molar-refractivity contribution is -0.277. The molecule has 0 bridgehead atoms. The van der Waals surface area contributed by atoms with Gasteiger partial charge in [-0.1, -0.05) is 0 Å². The van der Waals surface area contributed by atoms with Crippen molar-refractivity contribution in [2.45, 2.75) is 69.2 Å². The van der Waals surface area contributed by atoms with Gasteiger partial charge in [0.15, 0.2) is 23.0 Å². The van der Waals surface area contributed by atoms with Gasteiger partial charge < -0.3 is 64.2 Å². The molecule has 2 aromatic carbocycles. The Hall–Kier alpha value is -3.70. The molecule has 15 nitrogen and oxygen atoms in total. The van der Waals surface area contributed by atoms with Crippen molar-refractivity contribution in [1.29, 1.82) is 0 Å². The summed E-state index contributed by atoms with van der Waals surface area (Å²) in [6.07, 6.45) is -7.09. The number of aliphatic hydroxyl groups excluding tert-OH is 6. The maximum atomic E-state index is 12.3. The highest BCUT2D eigenvalue weighted by Crippen LogP contribution is 2.47. The number of hydrogen-bond donors (Lipinski definition) is 7. The van der Waals surface area contributed by atoms with Gasteiger partial charge in [0, 0.05) is 50.0 Å². The van der Waals surface area contributed by atoms with Gasteiger partial charge in [-0.25, -0.2) is 0 Å². The van der Waals surface area contributed by atoms with E-state index in [1.54, 1.807) is 24.3 Å². The van der Waals surface area contributed by atoms with Crippen LogP contribution in [0.5, 0.6) is 23.0 Å². The molecule has 2 aromatic rings. The van der Waals surface area contributed by atoms with Gasteiger partial charge in [-0.2, -0.15) is 0 Å². The summed E-state index contributed by atoms with van der Waals surface area (Å²) in [5.41, 5.74) is 1.45. The smallest absolute Gasteiger partial charge is 0.306 e. The van der Waals surface area contributed by atoms with Crippen LogP contribution in [0.15, 0.2) is 24.3 Å². The fourth-order valence-corrected chi connectivity index (χ4v) is 4.87. The Morgan fingerprint density at radius 1 is 0.745 bits per heavy atom. The number of rotatable bonds is 18. The van der Waals surface area contributed by atoms with E-state index in [9.17, 15) is 35.1 Å². The van der Waals surface area contributed by atoms with Gasteiger partial charge >= 0.3 is 11.9 Å². The van der Waals surface area contributed by atoms with E-state index >= 15 is 0 Å². The molecule has 1 heterocycles. The van der Waals surface area contributed by atoms with Crippen molar-refractivity contribution >= 4 is 11.9 Å². The van der Waals surface area contributed by atoms with Crippen molar-refractivity contribution in [3.05, 3.63) is 35.4 Å². The molecule has 5 atom stereocenters. The van der Waals surface area contributed by atoms with E-state index in [1.807, 2.05) is 0 Å². The second-order valence-electron chi connectivity index (χ2n) is 10.8. The maximum absolute atomic E-state index is 12.3. The van der Waals surface area contributed by atoms with Crippen molar-refractivity contribution in [2.24, 2.45) is 0 Å². The van der Waals surface area contributed by atoms with Crippen LogP contribution in [0.3, 0.4) is 0 Å². The van der Waals surface area contributed by atoms with E-state index in [-0.39, 0.29) is 86.2 Å². The number of ether oxygens (including phenoxy) is 6. The predicted molar refractivity (Wildman–Crippen MR) is 163 cm³/mol. The van der Waals surface area contributed by atoms with Crippen LogP contribution >= 0.6 is 0 Å². The fraction of sp³-hybridized carbons (Fsp3) is 0.562. The van der Waals surface area contributed by atoms with Crippen LogP contribution < -0.4 is 14.2 Å². The number of carbonyl (C=O) groups excluding carboxylic acids is 2. The van der Waals surface area contributed by atoms with Gasteiger partial charge in [0.05, 0.1) is 34.0 Å². The first kappa shape index (κ1) is 37.8. The number of phenolic OH excluding ortho intramolecular Hbond substituents is 1. The van der Waals surface area contributed by atoms with E-state index in [0.717, 1.165) is 0 Å². The summed E-state index contributed by atoms with van der Waals surface area (Å²) in [5, 5.41) is 70.1. The Morgan fingerprint density at radius 3 is 1.79 bits per heavy atom. The summed E-state index contributed by atoms with van der Waals surface area (Å²) in [6.45, 7) is -0.803. The van der Waals surface area contributed by atoms with Gasteiger partial charge in [0.2, 0.25) is 6.29 Å². The molecule has 1 aliphatic rings. The summed E-state index contributed by atoms with van der Waals surface area (Å²) in [4.78, 5) is 24.5. The zero-order chi connectivity index (χ0) is 34.5. The molecule has 0 spiro atoms. The fourth-order valence-electron chi connectivity index (χ4n) is 4.87. The van der Waals surface area contributed by atoms with Crippen molar-refractivity contribution in [3.8, 4) is 34.1 Å². The Labute approximate surface area is 271 Å². The number of aryl methyl sites for hydroxylation is 2. The number of methoxy groups -OCH3 is 2. The molecule has 1 fully saturated rings. The lowest BCUT2D eigenvalue weighted by Gasteiger charge is -2.40. The molecule has 15 heteroatoms. The van der Waals surface area contributed by atoms with Gasteiger partial charge in [0.25, 0.3) is 0 Å². The molecule has 0 unspecified atom stereocenters. The summed E-state index contributed by atoms with van der Waals surface area (Å²) in [6, 6.07) is 6.29. The largest absolute Gasteiger partial charge is 0.504 e. The highest BCUT2D eigenvalue weighted by molar-refractivity contribution is 5.82. The molecule has 0 aromatic heterocycles. The quantitative estimate of drug-likeness (QED) is 0.0817. The SMILES string of the molecule is COc1cc(CCC(=O)OCCCO)cc(-c2cc(CCC(=O)OCCCO)cc(OC)c2O[C@@H]2O[C@H](CO)[C@@H](O)[C@H](O)[C@H]2O)c1O. The van der Waals surface area contributed by atoms with E-state index in [2.05, 4.69) is 0 Å². The maximum Gasteiger partial charge on any atom is 0.306 e. The van der Waals surface area contributed by atoms with E-state index in [4.69, 9.17) is 38.6 Å². The monoisotopic (exact) mass is 668 g/mol. The molecule has 7 N–H and O–H groups in total. The Kier molecular flexibility index (Phi) is 14.9. The van der Waals surface area contributed by atoms with Crippen molar-refractivity contribution in [3.63, 3.8) is 0 Å². The minimum atomic E-state index is -1.76. The van der Waals surface area contributed by atoms with Crippen LogP contribution in [0, 0.1) is 0 Å². The standard InChI is InChI=1S/C32H44O15/c1-42-22-15-18(5-7-25(36)44-11-3-9-33)13-20(27(22)38)21-14-19(6-8-26(37)45-12-4-10-34)16-23(43-2)31(21)47-32-30(41)29(40)28(39)24(17-35)46-32/h13-16,24,28-30,32-35,38-41H,3-12,17H2,1-2H3/t24-,28-,29+,30-,32+/m1/s1. The summed E-state index contributed by atoms with van der Waals surface area (Å²) in [5.74, 6) is -1.24. The van der Waals surface area contributed by atoms with Crippen molar-refractivity contribution < 1.29 is 73.8 Å². The number of phenols is 1. The number of benzene rings is 2. The topological polar surface area (TPSA) is 231 Å². The summed E-state index contributed by atoms with van der Waals surface area (Å²) >= 11 is 0. The minimum absolute atomic E-state index is 0.0191. The van der Waals surface area contributed by atoms with Crippen LogP contribution in [-0.2, 0) is 36.6 Å². The van der Waals surface area contributed by atoms with E-state index in [1.165, 1.54) is 14.2 Å². The Balaban J connectivity index is 2.07. The van der Waals surface area contributed by atoms with E-state index < -0.39 is 49.3 Å². The third-order valence-electron chi connectivity index (χ3n) is 7.43. The lowest BCUT2D eigenvalue weighted by atomic mass is 9.95. The zero-order valence-corrected chi connectivity index (χ0v) is 26.4. The van der Waals surface area contributed by atoms with Crippen LogP contribution in [0.25, 0.3) is 11.1 Å². The molecule has 47 heavy (non-hydrogen) atoms. The van der Waals surface area contributed by atoms with Gasteiger partial charge in [-0.15, -0.1) is 0 Å². The van der Waals surface area contributed by atoms with Crippen molar-refractivity contribution in [2.75, 3.05) is 47.3 Å². The number of carbonyl (C=O) groups is 2. The first-order valence-corrected chi connectivity index (χ1v) is 15.2. The molecule has 262 valence electrons. The highest BCUT2D eigenvalue weighted by Gasteiger charge is 2.45. The first-order chi connectivity index (χ1) is 22.6. The lowest BCUT2D eigenvalue weighted by Crippen LogP contribution is -2.60. The van der Waals surface area contributed by atoms with Gasteiger partial charge in [-0.05, 0) is 48.2 Å². The molecule has 0 radical (unpaired) electrons. The number of esters is 2. The summed E-state index contributed by atoms with van der Waals surface area (Å²) in [7, 11) is 2.68. The molecule has 1 saturated heterocycles. The third kappa shape index (κ3) is 10.1. The average molecular weight is 669 g/mol. The first-order valence-electron chi connectivity index (χ1n) is 15.2. The molecular formula is C32H44O15.